The van der Waals surface area contributed by atoms with Gasteiger partial charge in [-0.15, -0.1) is 0 Å². The maximum Gasteiger partial charge on any atom is 0.269 e. The van der Waals surface area contributed by atoms with E-state index in [1.54, 1.807) is 23.9 Å². The minimum Gasteiger partial charge on any atom is -0.333 e. The number of nitrogens with one attached hydrogen (secondary N) is 3. The Kier molecular flexibility index (Phi) is 4.85. The van der Waals surface area contributed by atoms with Gasteiger partial charge in [-0.05, 0) is 42.2 Å². The topological polar surface area (TPSA) is 86.9 Å². The fraction of sp³-hybridized carbons (Fsp3) is 0.250. The van der Waals surface area contributed by atoms with E-state index in [-0.39, 0.29) is 17.7 Å². The van der Waals surface area contributed by atoms with Crippen LogP contribution >= 0.6 is 11.8 Å². The Hall–Kier alpha value is -2.80. The number of aromatic amines is 1. The molecular weight excluding hydrogens is 360 g/mol. The number of imidazole rings is 1. The molecule has 1 aliphatic carbocycles. The Morgan fingerprint density at radius 1 is 1.15 bits per heavy atom. The van der Waals surface area contributed by atoms with Crippen molar-refractivity contribution in [2.45, 2.75) is 24.3 Å². The summed E-state index contributed by atoms with van der Waals surface area (Å²) in [5.41, 5.74) is 8.54. The average molecular weight is 380 g/mol. The highest BCUT2D eigenvalue weighted by atomic mass is 32.2. The fourth-order valence-electron chi connectivity index (χ4n) is 2.87. The normalized spacial score (nSPS) is 18.3. The number of fused-ring (bicyclic) bond motifs is 1. The van der Waals surface area contributed by atoms with Gasteiger partial charge in [0, 0.05) is 17.2 Å². The number of benzene rings is 2. The summed E-state index contributed by atoms with van der Waals surface area (Å²) in [6, 6.07) is 15.3. The zero-order valence-electron chi connectivity index (χ0n) is 14.9. The van der Waals surface area contributed by atoms with Crippen molar-refractivity contribution in [1.82, 2.24) is 20.8 Å². The van der Waals surface area contributed by atoms with E-state index in [4.69, 9.17) is 0 Å². The summed E-state index contributed by atoms with van der Waals surface area (Å²) in [6.07, 6.45) is 0.888. The number of thioether (sulfide) groups is 1. The van der Waals surface area contributed by atoms with Gasteiger partial charge in [0.05, 0.1) is 11.0 Å². The van der Waals surface area contributed by atoms with Gasteiger partial charge in [-0.3, -0.25) is 20.4 Å². The first-order chi connectivity index (χ1) is 13.1. The van der Waals surface area contributed by atoms with Crippen LogP contribution in [0.3, 0.4) is 0 Å². The van der Waals surface area contributed by atoms with Crippen LogP contribution in [0.1, 0.15) is 29.3 Å². The van der Waals surface area contributed by atoms with Gasteiger partial charge in [0.1, 0.15) is 0 Å². The van der Waals surface area contributed by atoms with Gasteiger partial charge in [0.15, 0.2) is 5.16 Å². The molecule has 1 fully saturated rings. The number of hydrogen-bond acceptors (Lipinski definition) is 4. The molecule has 0 saturated heterocycles. The summed E-state index contributed by atoms with van der Waals surface area (Å²) in [7, 11) is 0. The van der Waals surface area contributed by atoms with Crippen LogP contribution in [0.4, 0.5) is 0 Å². The van der Waals surface area contributed by atoms with Gasteiger partial charge < -0.3 is 4.98 Å². The van der Waals surface area contributed by atoms with Crippen LogP contribution in [0, 0.1) is 11.8 Å². The number of aromatic nitrogens is 2. The zero-order valence-corrected chi connectivity index (χ0v) is 15.7. The molecular formula is C20H20N4O2S. The summed E-state index contributed by atoms with van der Waals surface area (Å²) in [6.45, 7) is 2.02. The molecule has 1 saturated carbocycles. The summed E-state index contributed by atoms with van der Waals surface area (Å²) >= 11 is 1.61. The third-order valence-electron chi connectivity index (χ3n) is 4.70. The van der Waals surface area contributed by atoms with Gasteiger partial charge in [-0.25, -0.2) is 4.98 Å². The molecule has 2 atom stereocenters. The molecule has 1 heterocycles. The molecule has 2 amide bonds. The van der Waals surface area contributed by atoms with Crippen LogP contribution in [-0.2, 0) is 10.5 Å². The van der Waals surface area contributed by atoms with E-state index in [0.29, 0.717) is 11.5 Å². The number of para-hydroxylation sites is 2. The zero-order chi connectivity index (χ0) is 18.8. The lowest BCUT2D eigenvalue weighted by Gasteiger charge is -2.07. The molecule has 4 rings (SSSR count). The van der Waals surface area contributed by atoms with Crippen LogP contribution in [0.2, 0.25) is 0 Å². The molecule has 0 radical (unpaired) electrons. The minimum absolute atomic E-state index is 0.0305. The van der Waals surface area contributed by atoms with Crippen molar-refractivity contribution < 1.29 is 9.59 Å². The number of carbonyl (C=O) groups excluding carboxylic acids is 2. The van der Waals surface area contributed by atoms with Crippen LogP contribution in [-0.4, -0.2) is 21.8 Å². The molecule has 1 aromatic heterocycles. The maximum absolute atomic E-state index is 12.1. The Morgan fingerprint density at radius 2 is 1.89 bits per heavy atom. The number of rotatable bonds is 5. The van der Waals surface area contributed by atoms with Gasteiger partial charge in [-0.2, -0.15) is 0 Å². The molecule has 0 unspecified atom stereocenters. The van der Waals surface area contributed by atoms with Gasteiger partial charge in [0.25, 0.3) is 5.91 Å². The molecule has 27 heavy (non-hydrogen) atoms. The maximum atomic E-state index is 12.1. The van der Waals surface area contributed by atoms with E-state index < -0.39 is 0 Å². The van der Waals surface area contributed by atoms with E-state index in [2.05, 4.69) is 20.8 Å². The predicted octanol–water partition coefficient (Wildman–Crippen LogP) is 3.27. The van der Waals surface area contributed by atoms with Crippen molar-refractivity contribution >= 4 is 34.6 Å². The average Bonchev–Trinajstić information content (AvgIpc) is 3.27. The lowest BCUT2D eigenvalue weighted by molar-refractivity contribution is -0.123. The number of nitrogens with zero attached hydrogens (tertiary/aromatic N) is 1. The Bertz CT molecular complexity index is 950. The Morgan fingerprint density at radius 3 is 2.59 bits per heavy atom. The smallest absolute Gasteiger partial charge is 0.269 e. The predicted molar refractivity (Wildman–Crippen MR) is 105 cm³/mol. The molecule has 0 bridgehead atoms. The summed E-state index contributed by atoms with van der Waals surface area (Å²) < 4.78 is 0. The Labute approximate surface area is 161 Å². The number of carbonyl (C=O) groups is 2. The molecule has 138 valence electrons. The summed E-state index contributed by atoms with van der Waals surface area (Å²) in [5.74, 6) is 0.758. The number of hydrogen-bond donors (Lipinski definition) is 3. The first-order valence-electron chi connectivity index (χ1n) is 8.87. The monoisotopic (exact) mass is 380 g/mol. The van der Waals surface area contributed by atoms with Gasteiger partial charge in [0.2, 0.25) is 5.91 Å². The van der Waals surface area contributed by atoms with Gasteiger partial charge >= 0.3 is 0 Å². The second kappa shape index (κ2) is 7.44. The van der Waals surface area contributed by atoms with Crippen LogP contribution in [0.15, 0.2) is 53.7 Å². The van der Waals surface area contributed by atoms with Crippen molar-refractivity contribution in [2.75, 3.05) is 0 Å². The molecule has 6 nitrogen and oxygen atoms in total. The first-order valence-corrected chi connectivity index (χ1v) is 9.85. The molecule has 7 heteroatoms. The van der Waals surface area contributed by atoms with E-state index in [1.165, 1.54) is 0 Å². The minimum atomic E-state index is -0.312. The standard InChI is InChI=1S/C20H20N4O2S/c1-12-10-15(12)19(26)24-23-18(25)14-8-6-13(7-9-14)11-27-20-21-16-4-2-3-5-17(16)22-20/h2-9,12,15H,10-11H2,1H3,(H,21,22)(H,23,25)(H,24,26)/t12-,15+/m0/s1. The quantitative estimate of drug-likeness (QED) is 0.468. The lowest BCUT2D eigenvalue weighted by atomic mass is 10.1. The Balaban J connectivity index is 1.30. The van der Waals surface area contributed by atoms with E-state index in [0.717, 1.165) is 33.9 Å². The third-order valence-corrected chi connectivity index (χ3v) is 5.65. The summed E-state index contributed by atoms with van der Waals surface area (Å²) in [5, 5.41) is 0.870. The van der Waals surface area contributed by atoms with Crippen molar-refractivity contribution in [3.8, 4) is 0 Å². The molecule has 1 aliphatic rings. The van der Waals surface area contributed by atoms with Crippen molar-refractivity contribution in [2.24, 2.45) is 11.8 Å². The van der Waals surface area contributed by atoms with E-state index >= 15 is 0 Å². The molecule has 2 aromatic carbocycles. The lowest BCUT2D eigenvalue weighted by Crippen LogP contribution is -2.42. The number of amides is 2. The highest BCUT2D eigenvalue weighted by Crippen LogP contribution is 2.37. The molecule has 0 spiro atoms. The molecule has 3 N–H and O–H groups in total. The van der Waals surface area contributed by atoms with Crippen LogP contribution in [0.5, 0.6) is 0 Å². The van der Waals surface area contributed by atoms with Gasteiger partial charge in [-0.1, -0.05) is 43.0 Å². The number of H-pyrrole nitrogens is 1. The third kappa shape index (κ3) is 4.14. The highest BCUT2D eigenvalue weighted by molar-refractivity contribution is 7.98. The van der Waals surface area contributed by atoms with E-state index in [9.17, 15) is 9.59 Å². The second-order valence-electron chi connectivity index (χ2n) is 6.81. The molecule has 3 aromatic rings. The van der Waals surface area contributed by atoms with Crippen molar-refractivity contribution in [1.29, 1.82) is 0 Å². The summed E-state index contributed by atoms with van der Waals surface area (Å²) in [4.78, 5) is 31.7. The van der Waals surface area contributed by atoms with Crippen LogP contribution in [0.25, 0.3) is 11.0 Å². The first kappa shape index (κ1) is 17.6. The van der Waals surface area contributed by atoms with Crippen molar-refractivity contribution in [3.63, 3.8) is 0 Å². The van der Waals surface area contributed by atoms with Crippen molar-refractivity contribution in [3.05, 3.63) is 59.7 Å². The SMILES string of the molecule is C[C@H]1C[C@H]1C(=O)NNC(=O)c1ccc(CSc2nc3ccccc3[nH]2)cc1. The fourth-order valence-corrected chi connectivity index (χ4v) is 3.71. The van der Waals surface area contributed by atoms with Crippen LogP contribution < -0.4 is 10.9 Å². The largest absolute Gasteiger partial charge is 0.333 e. The second-order valence-corrected chi connectivity index (χ2v) is 7.77. The molecule has 0 aliphatic heterocycles. The number of hydrazine groups is 1. The van der Waals surface area contributed by atoms with E-state index in [1.807, 2.05) is 43.3 Å². The highest BCUT2D eigenvalue weighted by Gasteiger charge is 2.39.